The van der Waals surface area contributed by atoms with Crippen LogP contribution in [0.25, 0.3) is 11.0 Å². The van der Waals surface area contributed by atoms with Gasteiger partial charge in [-0.2, -0.15) is 4.98 Å². The summed E-state index contributed by atoms with van der Waals surface area (Å²) >= 11 is 0. The SMILES string of the molecule is NS(=O)(=O)c1ccc(Nc2nc(NC3CCCC3)c3[nH]ccc3n2)cc1. The smallest absolute Gasteiger partial charge is 0.238 e. The number of nitrogens with one attached hydrogen (secondary N) is 3. The number of rotatable bonds is 5. The standard InChI is InChI=1S/C17H20N6O2S/c18-26(24,25)13-7-5-12(6-8-13)21-17-22-14-9-10-19-15(14)16(23-17)20-11-3-1-2-4-11/h5-11,19H,1-4H2,(H2,18,24,25)(H2,20,21,22,23). The lowest BCUT2D eigenvalue weighted by Crippen LogP contribution is -2.16. The van der Waals surface area contributed by atoms with Gasteiger partial charge in [-0.3, -0.25) is 0 Å². The van der Waals surface area contributed by atoms with E-state index in [0.717, 1.165) is 29.7 Å². The van der Waals surface area contributed by atoms with E-state index in [0.29, 0.717) is 17.7 Å². The largest absolute Gasteiger partial charge is 0.365 e. The van der Waals surface area contributed by atoms with Crippen LogP contribution in [0.4, 0.5) is 17.5 Å². The van der Waals surface area contributed by atoms with Crippen LogP contribution in [0.2, 0.25) is 0 Å². The second kappa shape index (κ2) is 6.58. The summed E-state index contributed by atoms with van der Waals surface area (Å²) < 4.78 is 22.7. The van der Waals surface area contributed by atoms with E-state index in [4.69, 9.17) is 5.14 Å². The predicted molar refractivity (Wildman–Crippen MR) is 101 cm³/mol. The fraction of sp³-hybridized carbons (Fsp3) is 0.294. The van der Waals surface area contributed by atoms with Gasteiger partial charge in [0.15, 0.2) is 5.82 Å². The van der Waals surface area contributed by atoms with Gasteiger partial charge in [0.25, 0.3) is 0 Å². The number of sulfonamides is 1. The average Bonchev–Trinajstić information content (AvgIpc) is 3.26. The Labute approximate surface area is 151 Å². The highest BCUT2D eigenvalue weighted by atomic mass is 32.2. The number of primary sulfonamides is 1. The molecule has 26 heavy (non-hydrogen) atoms. The monoisotopic (exact) mass is 372 g/mol. The van der Waals surface area contributed by atoms with Crippen LogP contribution in [0, 0.1) is 0 Å². The molecule has 136 valence electrons. The maximum Gasteiger partial charge on any atom is 0.238 e. The fourth-order valence-electron chi connectivity index (χ4n) is 3.23. The van der Waals surface area contributed by atoms with E-state index in [9.17, 15) is 8.42 Å². The summed E-state index contributed by atoms with van der Waals surface area (Å²) in [5, 5.41) is 11.7. The Bertz CT molecular complexity index is 1020. The van der Waals surface area contributed by atoms with Crippen LogP contribution in [0.5, 0.6) is 0 Å². The second-order valence-corrected chi connectivity index (χ2v) is 8.02. The second-order valence-electron chi connectivity index (χ2n) is 6.45. The summed E-state index contributed by atoms with van der Waals surface area (Å²) in [7, 11) is -3.71. The number of aromatic amines is 1. The van der Waals surface area contributed by atoms with Gasteiger partial charge in [0.05, 0.1) is 10.4 Å². The van der Waals surface area contributed by atoms with E-state index < -0.39 is 10.0 Å². The maximum atomic E-state index is 11.3. The average molecular weight is 372 g/mol. The number of anilines is 3. The maximum absolute atomic E-state index is 11.3. The molecule has 1 saturated carbocycles. The number of aromatic nitrogens is 3. The van der Waals surface area contributed by atoms with Gasteiger partial charge in [0, 0.05) is 17.9 Å². The van der Waals surface area contributed by atoms with Crippen molar-refractivity contribution < 1.29 is 8.42 Å². The minimum atomic E-state index is -3.71. The van der Waals surface area contributed by atoms with Crippen molar-refractivity contribution in [1.29, 1.82) is 0 Å². The molecule has 1 aliphatic carbocycles. The van der Waals surface area contributed by atoms with Crippen LogP contribution in [-0.4, -0.2) is 29.4 Å². The first-order valence-electron chi connectivity index (χ1n) is 8.50. The number of nitrogens with zero attached hydrogens (tertiary/aromatic N) is 2. The number of benzene rings is 1. The predicted octanol–water partition coefficient (Wildman–Crippen LogP) is 2.70. The topological polar surface area (TPSA) is 126 Å². The van der Waals surface area contributed by atoms with Gasteiger partial charge in [-0.15, -0.1) is 0 Å². The summed E-state index contributed by atoms with van der Waals surface area (Å²) in [5.74, 6) is 1.22. The molecular weight excluding hydrogens is 352 g/mol. The molecule has 5 N–H and O–H groups in total. The van der Waals surface area contributed by atoms with Crippen molar-refractivity contribution >= 4 is 38.5 Å². The molecule has 0 radical (unpaired) electrons. The van der Waals surface area contributed by atoms with Gasteiger partial charge in [0.1, 0.15) is 5.52 Å². The van der Waals surface area contributed by atoms with Gasteiger partial charge >= 0.3 is 0 Å². The molecule has 0 aliphatic heterocycles. The normalized spacial score (nSPS) is 15.4. The minimum absolute atomic E-state index is 0.0636. The van der Waals surface area contributed by atoms with E-state index in [2.05, 4.69) is 25.6 Å². The van der Waals surface area contributed by atoms with Crippen molar-refractivity contribution in [3.63, 3.8) is 0 Å². The van der Waals surface area contributed by atoms with Crippen molar-refractivity contribution in [2.24, 2.45) is 5.14 Å². The van der Waals surface area contributed by atoms with Gasteiger partial charge in [0.2, 0.25) is 16.0 Å². The number of fused-ring (bicyclic) bond motifs is 1. The van der Waals surface area contributed by atoms with E-state index in [-0.39, 0.29) is 4.90 Å². The Morgan fingerprint density at radius 2 is 1.81 bits per heavy atom. The van der Waals surface area contributed by atoms with Gasteiger partial charge in [-0.25, -0.2) is 18.5 Å². The van der Waals surface area contributed by atoms with Crippen molar-refractivity contribution in [2.45, 2.75) is 36.6 Å². The van der Waals surface area contributed by atoms with Crippen molar-refractivity contribution in [3.8, 4) is 0 Å². The molecule has 0 amide bonds. The molecule has 0 unspecified atom stereocenters. The molecule has 1 aromatic carbocycles. The molecule has 1 fully saturated rings. The van der Waals surface area contributed by atoms with E-state index >= 15 is 0 Å². The lowest BCUT2D eigenvalue weighted by molar-refractivity contribution is 0.598. The Hall–Kier alpha value is -2.65. The summed E-state index contributed by atoms with van der Waals surface area (Å²) in [6.45, 7) is 0. The number of hydrogen-bond donors (Lipinski definition) is 4. The highest BCUT2D eigenvalue weighted by molar-refractivity contribution is 7.89. The fourth-order valence-corrected chi connectivity index (χ4v) is 3.74. The molecule has 0 atom stereocenters. The minimum Gasteiger partial charge on any atom is -0.365 e. The highest BCUT2D eigenvalue weighted by Crippen LogP contribution is 2.27. The van der Waals surface area contributed by atoms with Gasteiger partial charge in [-0.05, 0) is 43.2 Å². The first kappa shape index (κ1) is 16.8. The third-order valence-corrected chi connectivity index (χ3v) is 5.47. The van der Waals surface area contributed by atoms with Crippen LogP contribution < -0.4 is 15.8 Å². The van der Waals surface area contributed by atoms with Crippen molar-refractivity contribution in [3.05, 3.63) is 36.5 Å². The molecule has 1 aliphatic rings. The molecule has 2 aromatic heterocycles. The number of hydrogen-bond acceptors (Lipinski definition) is 6. The third-order valence-electron chi connectivity index (χ3n) is 4.54. The zero-order chi connectivity index (χ0) is 18.1. The first-order valence-corrected chi connectivity index (χ1v) is 10.1. The van der Waals surface area contributed by atoms with Crippen molar-refractivity contribution in [1.82, 2.24) is 15.0 Å². The van der Waals surface area contributed by atoms with E-state index in [1.165, 1.54) is 25.0 Å². The molecule has 8 nitrogen and oxygen atoms in total. The van der Waals surface area contributed by atoms with Crippen LogP contribution in [0.1, 0.15) is 25.7 Å². The third kappa shape index (κ3) is 3.49. The quantitative estimate of drug-likeness (QED) is 0.545. The van der Waals surface area contributed by atoms with Gasteiger partial charge < -0.3 is 15.6 Å². The number of nitrogens with two attached hydrogens (primary N) is 1. The lowest BCUT2D eigenvalue weighted by Gasteiger charge is -2.14. The zero-order valence-electron chi connectivity index (χ0n) is 14.1. The molecular formula is C17H20N6O2S. The highest BCUT2D eigenvalue weighted by Gasteiger charge is 2.18. The summed E-state index contributed by atoms with van der Waals surface area (Å²) in [6.07, 6.45) is 6.59. The zero-order valence-corrected chi connectivity index (χ0v) is 14.9. The van der Waals surface area contributed by atoms with Crippen LogP contribution >= 0.6 is 0 Å². The Morgan fingerprint density at radius 1 is 1.08 bits per heavy atom. The van der Waals surface area contributed by atoms with Gasteiger partial charge in [-0.1, -0.05) is 12.8 Å². The molecule has 4 rings (SSSR count). The Morgan fingerprint density at radius 3 is 2.50 bits per heavy atom. The Kier molecular flexibility index (Phi) is 4.25. The van der Waals surface area contributed by atoms with E-state index in [1.807, 2.05) is 12.3 Å². The van der Waals surface area contributed by atoms with Crippen LogP contribution in [0.15, 0.2) is 41.4 Å². The molecule has 2 heterocycles. The van der Waals surface area contributed by atoms with Crippen molar-refractivity contribution in [2.75, 3.05) is 10.6 Å². The van der Waals surface area contributed by atoms with E-state index in [1.54, 1.807) is 12.1 Å². The first-order chi connectivity index (χ1) is 12.5. The number of H-pyrrole nitrogens is 1. The summed E-state index contributed by atoms with van der Waals surface area (Å²) in [5.41, 5.74) is 2.37. The summed E-state index contributed by atoms with van der Waals surface area (Å²) in [6, 6.07) is 8.49. The van der Waals surface area contributed by atoms with Crippen LogP contribution in [-0.2, 0) is 10.0 Å². The molecule has 9 heteroatoms. The molecule has 0 saturated heterocycles. The summed E-state index contributed by atoms with van der Waals surface area (Å²) in [4.78, 5) is 12.3. The van der Waals surface area contributed by atoms with Crippen LogP contribution in [0.3, 0.4) is 0 Å². The molecule has 0 bridgehead atoms. The molecule has 0 spiro atoms. The molecule has 3 aromatic rings. The Balaban J connectivity index is 1.61. The lowest BCUT2D eigenvalue weighted by atomic mass is 10.2.